The number of nitrogens with zero attached hydrogens (tertiary/aromatic N) is 1. The first-order chi connectivity index (χ1) is 14.8. The van der Waals surface area contributed by atoms with Crippen LogP contribution in [0.25, 0.3) is 6.08 Å². The van der Waals surface area contributed by atoms with E-state index in [-0.39, 0.29) is 28.5 Å². The SMILES string of the molecule is CNc1ccc(/C=C/C(=O)c2ccc(S(=O)(=O)NCc3ccco3)cc2)cc1[N+](=O)[O-]. The molecule has 160 valence electrons. The van der Waals surface area contributed by atoms with Crippen molar-refractivity contribution in [2.24, 2.45) is 0 Å². The van der Waals surface area contributed by atoms with Crippen molar-refractivity contribution in [1.82, 2.24) is 4.72 Å². The van der Waals surface area contributed by atoms with Crippen LogP contribution in [-0.2, 0) is 16.6 Å². The first kappa shape index (κ1) is 21.9. The number of ketones is 1. The summed E-state index contributed by atoms with van der Waals surface area (Å²) in [6, 6.07) is 13.3. The zero-order valence-corrected chi connectivity index (χ0v) is 17.3. The van der Waals surface area contributed by atoms with Crippen LogP contribution in [0.4, 0.5) is 11.4 Å². The van der Waals surface area contributed by atoms with Gasteiger partial charge in [0, 0.05) is 18.7 Å². The summed E-state index contributed by atoms with van der Waals surface area (Å²) in [5, 5.41) is 13.9. The van der Waals surface area contributed by atoms with Gasteiger partial charge in [-0.1, -0.05) is 12.1 Å². The Morgan fingerprint density at radius 3 is 2.52 bits per heavy atom. The molecule has 3 rings (SSSR count). The fourth-order valence-electron chi connectivity index (χ4n) is 2.74. The summed E-state index contributed by atoms with van der Waals surface area (Å²) in [6.07, 6.45) is 4.19. The summed E-state index contributed by atoms with van der Waals surface area (Å²) in [5.41, 5.74) is 1.03. The number of benzene rings is 2. The van der Waals surface area contributed by atoms with Crippen molar-refractivity contribution < 1.29 is 22.6 Å². The van der Waals surface area contributed by atoms with E-state index in [1.807, 2.05) is 0 Å². The van der Waals surface area contributed by atoms with E-state index in [0.717, 1.165) is 0 Å². The Labute approximate surface area is 178 Å². The summed E-state index contributed by atoms with van der Waals surface area (Å²) in [5.74, 6) is 0.108. The van der Waals surface area contributed by atoms with Crippen molar-refractivity contribution >= 4 is 33.3 Å². The molecule has 3 aromatic rings. The van der Waals surface area contributed by atoms with E-state index in [9.17, 15) is 23.3 Å². The van der Waals surface area contributed by atoms with Crippen LogP contribution in [0.15, 0.2) is 76.2 Å². The number of hydrogen-bond acceptors (Lipinski definition) is 7. The molecule has 0 bridgehead atoms. The molecule has 0 atom stereocenters. The van der Waals surface area contributed by atoms with E-state index in [1.165, 1.54) is 48.7 Å². The van der Waals surface area contributed by atoms with Gasteiger partial charge < -0.3 is 9.73 Å². The van der Waals surface area contributed by atoms with Gasteiger partial charge >= 0.3 is 0 Å². The number of allylic oxidation sites excluding steroid dienone is 1. The number of sulfonamides is 1. The van der Waals surface area contributed by atoms with Gasteiger partial charge in [-0.3, -0.25) is 14.9 Å². The number of anilines is 1. The normalized spacial score (nSPS) is 11.5. The summed E-state index contributed by atoms with van der Waals surface area (Å²) < 4.78 is 32.2. The summed E-state index contributed by atoms with van der Waals surface area (Å²) in [4.78, 5) is 23.0. The predicted octanol–water partition coefficient (Wildman–Crippen LogP) is 3.60. The van der Waals surface area contributed by atoms with Gasteiger partial charge in [0.15, 0.2) is 5.78 Å². The molecule has 10 heteroatoms. The minimum absolute atomic E-state index is 0.0111. The number of nitro groups is 1. The number of rotatable bonds is 9. The van der Waals surface area contributed by atoms with Crippen molar-refractivity contribution in [1.29, 1.82) is 0 Å². The average molecular weight is 441 g/mol. The Bertz CT molecular complexity index is 1220. The van der Waals surface area contributed by atoms with Gasteiger partial charge in [0.2, 0.25) is 10.0 Å². The highest BCUT2D eigenvalue weighted by molar-refractivity contribution is 7.89. The molecule has 0 unspecified atom stereocenters. The van der Waals surface area contributed by atoms with E-state index in [2.05, 4.69) is 10.0 Å². The molecule has 0 radical (unpaired) electrons. The zero-order valence-electron chi connectivity index (χ0n) is 16.4. The minimum atomic E-state index is -3.76. The van der Waals surface area contributed by atoms with Gasteiger partial charge in [0.1, 0.15) is 11.4 Å². The highest BCUT2D eigenvalue weighted by Gasteiger charge is 2.15. The number of carbonyl (C=O) groups is 1. The number of nitrogens with one attached hydrogen (secondary N) is 2. The lowest BCUT2D eigenvalue weighted by atomic mass is 10.1. The molecule has 0 saturated carbocycles. The molecule has 1 aromatic heterocycles. The maximum absolute atomic E-state index is 12.4. The standard InChI is InChI=1S/C21H19N3O6S/c1-22-19-10-4-15(13-20(19)24(26)27)5-11-21(25)16-6-8-18(9-7-16)31(28,29)23-14-17-3-2-12-30-17/h2-13,22-23H,14H2,1H3/b11-5+. The van der Waals surface area contributed by atoms with Gasteiger partial charge in [-0.05, 0) is 54.1 Å². The molecule has 2 aromatic carbocycles. The molecule has 1 heterocycles. The predicted molar refractivity (Wildman–Crippen MR) is 115 cm³/mol. The average Bonchev–Trinajstić information content (AvgIpc) is 3.30. The molecule has 31 heavy (non-hydrogen) atoms. The highest BCUT2D eigenvalue weighted by Crippen LogP contribution is 2.25. The summed E-state index contributed by atoms with van der Waals surface area (Å²) in [6.45, 7) is 0.0111. The van der Waals surface area contributed by atoms with Crippen molar-refractivity contribution in [2.45, 2.75) is 11.4 Å². The maximum atomic E-state index is 12.4. The second kappa shape index (κ2) is 9.37. The summed E-state index contributed by atoms with van der Waals surface area (Å²) >= 11 is 0. The van der Waals surface area contributed by atoms with Gasteiger partial charge in [-0.2, -0.15) is 0 Å². The van der Waals surface area contributed by atoms with Gasteiger partial charge in [0.05, 0.1) is 22.6 Å². The van der Waals surface area contributed by atoms with E-state index in [4.69, 9.17) is 4.42 Å². The fraction of sp³-hybridized carbons (Fsp3) is 0.0952. The molecule has 9 nitrogen and oxygen atoms in total. The molecular weight excluding hydrogens is 422 g/mol. The largest absolute Gasteiger partial charge is 0.468 e. The molecule has 0 aliphatic rings. The van der Waals surface area contributed by atoms with Crippen LogP contribution in [0.5, 0.6) is 0 Å². The number of nitro benzene ring substituents is 1. The lowest BCUT2D eigenvalue weighted by Gasteiger charge is -2.06. The second-order valence-electron chi connectivity index (χ2n) is 6.41. The molecule has 0 fully saturated rings. The number of furan rings is 1. The molecular formula is C21H19N3O6S. The monoisotopic (exact) mass is 441 g/mol. The molecule has 0 amide bonds. The lowest BCUT2D eigenvalue weighted by Crippen LogP contribution is -2.23. The molecule has 0 aliphatic heterocycles. The van der Waals surface area contributed by atoms with Crippen LogP contribution in [0.3, 0.4) is 0 Å². The van der Waals surface area contributed by atoms with Crippen LogP contribution >= 0.6 is 0 Å². The van der Waals surface area contributed by atoms with Crippen molar-refractivity contribution in [3.63, 3.8) is 0 Å². The maximum Gasteiger partial charge on any atom is 0.292 e. The van der Waals surface area contributed by atoms with Crippen LogP contribution in [0, 0.1) is 10.1 Å². The van der Waals surface area contributed by atoms with Gasteiger partial charge in [-0.15, -0.1) is 0 Å². The fourth-order valence-corrected chi connectivity index (χ4v) is 3.74. The first-order valence-electron chi connectivity index (χ1n) is 9.11. The third-order valence-corrected chi connectivity index (χ3v) is 5.80. The Balaban J connectivity index is 1.70. The highest BCUT2D eigenvalue weighted by atomic mass is 32.2. The number of carbonyl (C=O) groups excluding carboxylic acids is 1. The van der Waals surface area contributed by atoms with Crippen LogP contribution < -0.4 is 10.0 Å². The van der Waals surface area contributed by atoms with Gasteiger partial charge in [-0.25, -0.2) is 13.1 Å². The quantitative estimate of drug-likeness (QED) is 0.224. The molecule has 0 aliphatic carbocycles. The van der Waals surface area contributed by atoms with Crippen LogP contribution in [-0.4, -0.2) is 26.2 Å². The Morgan fingerprint density at radius 2 is 1.90 bits per heavy atom. The number of hydrogen-bond donors (Lipinski definition) is 2. The minimum Gasteiger partial charge on any atom is -0.468 e. The molecule has 0 spiro atoms. The van der Waals surface area contributed by atoms with Crippen LogP contribution in [0.1, 0.15) is 21.7 Å². The lowest BCUT2D eigenvalue weighted by molar-refractivity contribution is -0.384. The Hall–Kier alpha value is -3.76. The van der Waals surface area contributed by atoms with E-state index in [0.29, 0.717) is 17.0 Å². The van der Waals surface area contributed by atoms with E-state index in [1.54, 1.807) is 31.3 Å². The summed E-state index contributed by atoms with van der Waals surface area (Å²) in [7, 11) is -2.18. The topological polar surface area (TPSA) is 132 Å². The third-order valence-electron chi connectivity index (χ3n) is 4.38. The van der Waals surface area contributed by atoms with Crippen LogP contribution in [0.2, 0.25) is 0 Å². The van der Waals surface area contributed by atoms with Crippen molar-refractivity contribution in [2.75, 3.05) is 12.4 Å². The van der Waals surface area contributed by atoms with Crippen molar-refractivity contribution in [3.05, 3.63) is 93.9 Å². The van der Waals surface area contributed by atoms with Crippen molar-refractivity contribution in [3.8, 4) is 0 Å². The molecule has 2 N–H and O–H groups in total. The first-order valence-corrected chi connectivity index (χ1v) is 10.6. The Morgan fingerprint density at radius 1 is 1.16 bits per heavy atom. The smallest absolute Gasteiger partial charge is 0.292 e. The van der Waals surface area contributed by atoms with Gasteiger partial charge in [0.25, 0.3) is 5.69 Å². The molecule has 0 saturated heterocycles. The Kier molecular flexibility index (Phi) is 6.63. The third kappa shape index (κ3) is 5.44. The zero-order chi connectivity index (χ0) is 22.4. The second-order valence-corrected chi connectivity index (χ2v) is 8.18. The van der Waals surface area contributed by atoms with E-state index < -0.39 is 14.9 Å². The van der Waals surface area contributed by atoms with E-state index >= 15 is 0 Å².